The van der Waals surface area contributed by atoms with Gasteiger partial charge in [-0.1, -0.05) is 24.3 Å². The van der Waals surface area contributed by atoms with Gasteiger partial charge in [-0.2, -0.15) is 0 Å². The molecule has 0 bridgehead atoms. The number of carbonyl (C=O) groups excluding carboxylic acids is 1. The lowest BCUT2D eigenvalue weighted by Crippen LogP contribution is -2.13. The molecule has 0 unspecified atom stereocenters. The summed E-state index contributed by atoms with van der Waals surface area (Å²) in [6, 6.07) is 18.6. The molecule has 0 saturated carbocycles. The Morgan fingerprint density at radius 3 is 2.68 bits per heavy atom. The van der Waals surface area contributed by atoms with Crippen LogP contribution in [0, 0.1) is 0 Å². The van der Waals surface area contributed by atoms with Crippen LogP contribution in [0.5, 0.6) is 5.75 Å². The maximum atomic E-state index is 12.4. The lowest BCUT2D eigenvalue weighted by atomic mass is 10.0. The minimum atomic E-state index is -0.248. The molecule has 2 heterocycles. The van der Waals surface area contributed by atoms with Crippen LogP contribution in [0.4, 0.5) is 5.69 Å². The maximum absolute atomic E-state index is 12.4. The summed E-state index contributed by atoms with van der Waals surface area (Å²) in [5.74, 6) is 0.407. The average Bonchev–Trinajstić information content (AvgIpc) is 2.68. The minimum absolute atomic E-state index is 0.248. The van der Waals surface area contributed by atoms with Crippen molar-refractivity contribution in [1.29, 1.82) is 0 Å². The normalized spacial score (nSPS) is 11.8. The van der Waals surface area contributed by atoms with Crippen molar-refractivity contribution in [3.05, 3.63) is 84.4 Å². The van der Waals surface area contributed by atoms with Crippen molar-refractivity contribution in [3.8, 4) is 16.9 Å². The van der Waals surface area contributed by atoms with Gasteiger partial charge in [-0.05, 0) is 53.6 Å². The van der Waals surface area contributed by atoms with E-state index in [1.165, 1.54) is 6.26 Å². The second kappa shape index (κ2) is 6.49. The number of amides is 1. The van der Waals surface area contributed by atoms with Crippen LogP contribution in [-0.4, -0.2) is 10.9 Å². The van der Waals surface area contributed by atoms with Crippen molar-refractivity contribution in [3.63, 3.8) is 0 Å². The number of carbonyl (C=O) groups is 1. The summed E-state index contributed by atoms with van der Waals surface area (Å²) in [6.07, 6.45) is 4.94. The highest BCUT2D eigenvalue weighted by Crippen LogP contribution is 2.30. The monoisotopic (exact) mass is 330 g/mol. The van der Waals surface area contributed by atoms with E-state index >= 15 is 0 Å². The Balaban J connectivity index is 1.61. The summed E-state index contributed by atoms with van der Waals surface area (Å²) in [7, 11) is 0. The fraction of sp³-hybridized carbons (Fsp3) is 0. The van der Waals surface area contributed by atoms with Crippen LogP contribution in [-0.2, 0) is 4.89 Å². The molecule has 0 fully saturated rings. The van der Waals surface area contributed by atoms with E-state index in [9.17, 15) is 4.79 Å². The van der Waals surface area contributed by atoms with Gasteiger partial charge in [-0.15, -0.1) is 0 Å². The molecule has 122 valence electrons. The number of hydrogen-bond acceptors (Lipinski definition) is 4. The Bertz CT molecular complexity index is 952. The van der Waals surface area contributed by atoms with E-state index in [1.807, 2.05) is 60.7 Å². The zero-order valence-electron chi connectivity index (χ0n) is 13.2. The standard InChI is InChI=1S/C20H14N2O3/c23-20(22-17-4-2-1-3-5-17)18-13-15(8-10-21-18)14-6-7-19-16(12-14)9-11-24-25-19/h1-13H,(H,22,23). The number of para-hydroxylation sites is 1. The first kappa shape index (κ1) is 15.0. The van der Waals surface area contributed by atoms with E-state index in [1.54, 1.807) is 12.3 Å². The summed E-state index contributed by atoms with van der Waals surface area (Å²) < 4.78 is 0. The fourth-order valence-electron chi connectivity index (χ4n) is 2.57. The molecule has 0 spiro atoms. The van der Waals surface area contributed by atoms with E-state index in [-0.39, 0.29) is 5.91 Å². The topological polar surface area (TPSA) is 60.5 Å². The van der Waals surface area contributed by atoms with Crippen molar-refractivity contribution in [1.82, 2.24) is 4.98 Å². The molecule has 0 atom stereocenters. The number of hydrogen-bond donors (Lipinski definition) is 1. The lowest BCUT2D eigenvalue weighted by molar-refractivity contribution is -0.151. The van der Waals surface area contributed by atoms with E-state index in [0.717, 1.165) is 22.4 Å². The summed E-state index contributed by atoms with van der Waals surface area (Å²) in [4.78, 5) is 26.5. The van der Waals surface area contributed by atoms with Crippen LogP contribution in [0.3, 0.4) is 0 Å². The zero-order valence-corrected chi connectivity index (χ0v) is 13.2. The summed E-state index contributed by atoms with van der Waals surface area (Å²) in [5.41, 5.74) is 3.86. The molecule has 5 heteroatoms. The predicted octanol–water partition coefficient (Wildman–Crippen LogP) is 4.30. The van der Waals surface area contributed by atoms with E-state index in [4.69, 9.17) is 9.78 Å². The van der Waals surface area contributed by atoms with Crippen LogP contribution in [0.15, 0.2) is 73.1 Å². The molecule has 0 radical (unpaired) electrons. The van der Waals surface area contributed by atoms with E-state index < -0.39 is 0 Å². The van der Waals surface area contributed by atoms with Crippen molar-refractivity contribution in [2.24, 2.45) is 0 Å². The van der Waals surface area contributed by atoms with Gasteiger partial charge in [-0.25, -0.2) is 0 Å². The fourth-order valence-corrected chi connectivity index (χ4v) is 2.57. The molecule has 1 amide bonds. The lowest BCUT2D eigenvalue weighted by Gasteiger charge is -2.12. The van der Waals surface area contributed by atoms with Gasteiger partial charge in [0.1, 0.15) is 12.0 Å². The largest absolute Gasteiger partial charge is 0.321 e. The van der Waals surface area contributed by atoms with Gasteiger partial charge in [0.05, 0.1) is 0 Å². The quantitative estimate of drug-likeness (QED) is 0.728. The van der Waals surface area contributed by atoms with Crippen LogP contribution < -0.4 is 10.2 Å². The number of rotatable bonds is 3. The molecule has 1 aliphatic rings. The first-order chi connectivity index (χ1) is 12.3. The van der Waals surface area contributed by atoms with Gasteiger partial charge in [0, 0.05) is 17.4 Å². The smallest absolute Gasteiger partial charge is 0.274 e. The Hall–Kier alpha value is -3.60. The average molecular weight is 330 g/mol. The van der Waals surface area contributed by atoms with E-state index in [2.05, 4.69) is 10.3 Å². The Labute approximate surface area is 144 Å². The second-order valence-electron chi connectivity index (χ2n) is 5.48. The van der Waals surface area contributed by atoms with Gasteiger partial charge < -0.3 is 5.32 Å². The second-order valence-corrected chi connectivity index (χ2v) is 5.48. The molecular weight excluding hydrogens is 316 g/mol. The molecule has 5 nitrogen and oxygen atoms in total. The Kier molecular flexibility index (Phi) is 3.88. The Morgan fingerprint density at radius 1 is 0.960 bits per heavy atom. The van der Waals surface area contributed by atoms with Gasteiger partial charge in [-0.3, -0.25) is 19.6 Å². The molecule has 2 aromatic carbocycles. The number of pyridine rings is 1. The van der Waals surface area contributed by atoms with Crippen molar-refractivity contribution < 1.29 is 14.6 Å². The summed E-state index contributed by atoms with van der Waals surface area (Å²) in [6.45, 7) is 0. The van der Waals surface area contributed by atoms with E-state index in [0.29, 0.717) is 11.4 Å². The van der Waals surface area contributed by atoms with Gasteiger partial charge in [0.15, 0.2) is 5.75 Å². The highest BCUT2D eigenvalue weighted by molar-refractivity contribution is 6.03. The zero-order chi connectivity index (χ0) is 17.1. The molecule has 1 N–H and O–H groups in total. The molecular formula is C20H14N2O3. The van der Waals surface area contributed by atoms with Crippen LogP contribution in [0.25, 0.3) is 17.2 Å². The minimum Gasteiger partial charge on any atom is -0.321 e. The molecule has 1 aromatic heterocycles. The third kappa shape index (κ3) is 3.21. The van der Waals surface area contributed by atoms with Gasteiger partial charge in [0.2, 0.25) is 0 Å². The first-order valence-electron chi connectivity index (χ1n) is 7.76. The number of nitrogens with zero attached hydrogens (tertiary/aromatic N) is 1. The molecule has 3 aromatic rings. The van der Waals surface area contributed by atoms with Crippen molar-refractivity contribution in [2.75, 3.05) is 5.32 Å². The van der Waals surface area contributed by atoms with Crippen molar-refractivity contribution >= 4 is 17.7 Å². The highest BCUT2D eigenvalue weighted by Gasteiger charge is 2.12. The SMILES string of the molecule is O=C(Nc1ccccc1)c1cc(-c2ccc3c(c2)C=COO3)ccn1. The molecule has 0 saturated heterocycles. The van der Waals surface area contributed by atoms with Gasteiger partial charge in [0.25, 0.3) is 5.91 Å². The van der Waals surface area contributed by atoms with Crippen LogP contribution >= 0.6 is 0 Å². The molecule has 25 heavy (non-hydrogen) atoms. The number of nitrogens with one attached hydrogen (secondary N) is 1. The number of benzene rings is 2. The summed E-state index contributed by atoms with van der Waals surface area (Å²) >= 11 is 0. The van der Waals surface area contributed by atoms with Crippen LogP contribution in [0.1, 0.15) is 16.1 Å². The number of aromatic nitrogens is 1. The number of anilines is 1. The third-order valence-corrected chi connectivity index (χ3v) is 3.81. The highest BCUT2D eigenvalue weighted by atomic mass is 17.2. The first-order valence-corrected chi connectivity index (χ1v) is 7.76. The number of fused-ring (bicyclic) bond motifs is 1. The van der Waals surface area contributed by atoms with Crippen LogP contribution in [0.2, 0.25) is 0 Å². The maximum Gasteiger partial charge on any atom is 0.274 e. The molecule has 1 aliphatic heterocycles. The van der Waals surface area contributed by atoms with Crippen molar-refractivity contribution in [2.45, 2.75) is 0 Å². The Morgan fingerprint density at radius 2 is 1.80 bits per heavy atom. The summed E-state index contributed by atoms with van der Waals surface area (Å²) in [5, 5.41) is 2.84. The van der Waals surface area contributed by atoms with Gasteiger partial charge >= 0.3 is 0 Å². The predicted molar refractivity (Wildman–Crippen MR) is 94.8 cm³/mol. The molecule has 0 aliphatic carbocycles. The molecule has 4 rings (SSSR count). The third-order valence-electron chi connectivity index (χ3n) is 3.81.